The van der Waals surface area contributed by atoms with Crippen molar-refractivity contribution in [3.63, 3.8) is 0 Å². The molecule has 1 atom stereocenters. The van der Waals surface area contributed by atoms with Gasteiger partial charge in [-0.3, -0.25) is 0 Å². The molecule has 2 N–H and O–H groups in total. The smallest absolute Gasteiger partial charge is 0.338 e. The molecule has 2 aromatic rings. The monoisotopic (exact) mass is 584 g/mol. The molecule has 0 amide bonds. The zero-order valence-corrected chi connectivity index (χ0v) is 20.9. The summed E-state index contributed by atoms with van der Waals surface area (Å²) in [6.07, 6.45) is 0. The molecule has 0 saturated heterocycles. The van der Waals surface area contributed by atoms with Gasteiger partial charge in [-0.2, -0.15) is 5.26 Å². The first-order valence-corrected chi connectivity index (χ1v) is 11.4. The molecule has 2 aromatic carbocycles. The van der Waals surface area contributed by atoms with Gasteiger partial charge >= 0.3 is 5.97 Å². The first kappa shape index (κ1) is 24.2. The summed E-state index contributed by atoms with van der Waals surface area (Å²) in [6, 6.07) is 12.7. The molecule has 6 nitrogen and oxygen atoms in total. The van der Waals surface area contributed by atoms with E-state index < -0.39 is 11.9 Å². The lowest BCUT2D eigenvalue weighted by Gasteiger charge is -2.27. The quantitative estimate of drug-likeness (QED) is 0.339. The number of rotatable bonds is 6. The van der Waals surface area contributed by atoms with Gasteiger partial charge in [-0.15, -0.1) is 0 Å². The molecule has 1 heterocycles. The Kier molecular flexibility index (Phi) is 7.93. The topological polar surface area (TPSA) is 94.6 Å². The minimum atomic E-state index is -0.707. The molecule has 9 heteroatoms. The Morgan fingerprint density at radius 2 is 2.03 bits per heavy atom. The second kappa shape index (κ2) is 10.5. The van der Waals surface area contributed by atoms with Gasteiger partial charge in [0.1, 0.15) is 29.8 Å². The van der Waals surface area contributed by atoms with E-state index in [4.69, 9.17) is 43.1 Å². The van der Waals surface area contributed by atoms with Gasteiger partial charge in [-0.25, -0.2) is 4.79 Å². The van der Waals surface area contributed by atoms with E-state index in [0.29, 0.717) is 27.1 Å². The molecule has 0 bridgehead atoms. The van der Waals surface area contributed by atoms with E-state index in [9.17, 15) is 10.1 Å². The number of nitriles is 1. The molecule has 32 heavy (non-hydrogen) atoms. The van der Waals surface area contributed by atoms with E-state index in [0.717, 1.165) is 9.13 Å². The van der Waals surface area contributed by atoms with Gasteiger partial charge in [0, 0.05) is 15.6 Å². The van der Waals surface area contributed by atoms with Crippen LogP contribution in [0.2, 0.25) is 10.0 Å². The van der Waals surface area contributed by atoms with Gasteiger partial charge in [0.2, 0.25) is 5.88 Å². The maximum absolute atomic E-state index is 12.6. The van der Waals surface area contributed by atoms with Gasteiger partial charge in [-0.1, -0.05) is 35.3 Å². The largest absolute Gasteiger partial charge is 0.488 e. The number of hydrogen-bond donors (Lipinski definition) is 1. The van der Waals surface area contributed by atoms with Crippen molar-refractivity contribution in [3.05, 3.63) is 83.9 Å². The summed E-state index contributed by atoms with van der Waals surface area (Å²) in [5.74, 6) is -0.362. The SMILES string of the molecule is CCOC(=O)C1=C(C)OC(N)=C(C#N)C1c1ccc(OCc2ccc(Cl)cc2Cl)c(I)c1. The van der Waals surface area contributed by atoms with Crippen LogP contribution >= 0.6 is 45.8 Å². The van der Waals surface area contributed by atoms with Crippen molar-refractivity contribution in [1.29, 1.82) is 5.26 Å². The highest BCUT2D eigenvalue weighted by Crippen LogP contribution is 2.41. The van der Waals surface area contributed by atoms with Crippen LogP contribution in [-0.2, 0) is 20.9 Å². The Bertz CT molecular complexity index is 1170. The van der Waals surface area contributed by atoms with Crippen LogP contribution in [0.25, 0.3) is 0 Å². The first-order chi connectivity index (χ1) is 15.3. The van der Waals surface area contributed by atoms with Gasteiger partial charge in [0.15, 0.2) is 0 Å². The molecule has 1 aliphatic heterocycles. The van der Waals surface area contributed by atoms with Gasteiger partial charge < -0.3 is 19.9 Å². The van der Waals surface area contributed by atoms with Crippen molar-refractivity contribution in [2.24, 2.45) is 5.73 Å². The summed E-state index contributed by atoms with van der Waals surface area (Å²) < 4.78 is 17.4. The van der Waals surface area contributed by atoms with Crippen LogP contribution in [0, 0.1) is 14.9 Å². The molecule has 0 fully saturated rings. The summed E-state index contributed by atoms with van der Waals surface area (Å²) in [7, 11) is 0. The number of nitrogens with two attached hydrogens (primary N) is 1. The molecule has 1 aliphatic rings. The fraction of sp³-hybridized carbons (Fsp3) is 0.217. The molecular weight excluding hydrogens is 566 g/mol. The molecule has 166 valence electrons. The third-order valence-electron chi connectivity index (χ3n) is 4.79. The van der Waals surface area contributed by atoms with Crippen LogP contribution in [-0.4, -0.2) is 12.6 Å². The van der Waals surface area contributed by atoms with Crippen molar-refractivity contribution in [1.82, 2.24) is 0 Å². The molecule has 0 saturated carbocycles. The molecule has 1 unspecified atom stereocenters. The predicted octanol–water partition coefficient (Wildman–Crippen LogP) is 5.82. The van der Waals surface area contributed by atoms with Crippen molar-refractivity contribution in [3.8, 4) is 11.8 Å². The van der Waals surface area contributed by atoms with Crippen molar-refractivity contribution in [2.75, 3.05) is 6.61 Å². The minimum Gasteiger partial charge on any atom is -0.488 e. The normalized spacial score (nSPS) is 15.8. The average molecular weight is 585 g/mol. The zero-order valence-electron chi connectivity index (χ0n) is 17.2. The van der Waals surface area contributed by atoms with E-state index in [1.165, 1.54) is 0 Å². The third-order valence-corrected chi connectivity index (χ3v) is 6.22. The second-order valence-corrected chi connectivity index (χ2v) is 8.84. The Hall–Kier alpha value is -2.41. The minimum absolute atomic E-state index is 0.0317. The molecular formula is C23H19Cl2IN2O4. The molecule has 3 rings (SSSR count). The van der Waals surface area contributed by atoms with Crippen LogP contribution in [0.5, 0.6) is 5.75 Å². The molecule has 0 radical (unpaired) electrons. The number of nitrogens with zero attached hydrogens (tertiary/aromatic N) is 1. The maximum atomic E-state index is 12.6. The number of halogens is 3. The van der Waals surface area contributed by atoms with E-state index in [2.05, 4.69) is 28.7 Å². The predicted molar refractivity (Wildman–Crippen MR) is 130 cm³/mol. The van der Waals surface area contributed by atoms with E-state index in [1.54, 1.807) is 44.2 Å². The van der Waals surface area contributed by atoms with Gasteiger partial charge in [-0.05, 0) is 66.3 Å². The summed E-state index contributed by atoms with van der Waals surface area (Å²) in [6.45, 7) is 3.79. The highest BCUT2D eigenvalue weighted by atomic mass is 127. The molecule has 0 aliphatic carbocycles. The Balaban J connectivity index is 1.93. The number of allylic oxidation sites excluding steroid dienone is 2. The fourth-order valence-electron chi connectivity index (χ4n) is 3.30. The Labute approximate surface area is 209 Å². The molecule has 0 spiro atoms. The lowest BCUT2D eigenvalue weighted by molar-refractivity contribution is -0.139. The van der Waals surface area contributed by atoms with E-state index >= 15 is 0 Å². The van der Waals surface area contributed by atoms with Gasteiger partial charge in [0.05, 0.1) is 21.7 Å². The third kappa shape index (κ3) is 5.14. The van der Waals surface area contributed by atoms with Crippen molar-refractivity contribution in [2.45, 2.75) is 26.4 Å². The summed E-state index contributed by atoms with van der Waals surface area (Å²) >= 11 is 14.3. The van der Waals surface area contributed by atoms with Crippen molar-refractivity contribution >= 4 is 51.8 Å². The average Bonchev–Trinajstić information content (AvgIpc) is 2.73. The number of esters is 1. The highest BCUT2D eigenvalue weighted by Gasteiger charge is 2.36. The van der Waals surface area contributed by atoms with Crippen LogP contribution in [0.15, 0.2) is 59.2 Å². The van der Waals surface area contributed by atoms with Crippen LogP contribution in [0.3, 0.4) is 0 Å². The van der Waals surface area contributed by atoms with E-state index in [1.807, 2.05) is 6.07 Å². The fourth-order valence-corrected chi connectivity index (χ4v) is 4.45. The standard InChI is InChI=1S/C23H19Cl2IN2O4/c1-3-30-23(29)20-12(2)32-22(28)16(10-27)21(20)13-5-7-19(18(26)8-13)31-11-14-4-6-15(24)9-17(14)25/h4-9,21H,3,11,28H2,1-2H3. The number of carbonyl (C=O) groups is 1. The van der Waals surface area contributed by atoms with E-state index in [-0.39, 0.29) is 30.2 Å². The highest BCUT2D eigenvalue weighted by molar-refractivity contribution is 14.1. The molecule has 0 aromatic heterocycles. The lowest BCUT2D eigenvalue weighted by Crippen LogP contribution is -2.25. The maximum Gasteiger partial charge on any atom is 0.338 e. The van der Waals surface area contributed by atoms with Crippen LogP contribution < -0.4 is 10.5 Å². The first-order valence-electron chi connectivity index (χ1n) is 9.58. The number of carbonyl (C=O) groups excluding carboxylic acids is 1. The van der Waals surface area contributed by atoms with Crippen molar-refractivity contribution < 1.29 is 19.0 Å². The number of hydrogen-bond acceptors (Lipinski definition) is 6. The van der Waals surface area contributed by atoms with Crippen LogP contribution in [0.1, 0.15) is 30.9 Å². The number of ether oxygens (including phenoxy) is 3. The lowest BCUT2D eigenvalue weighted by atomic mass is 9.83. The second-order valence-electron chi connectivity index (χ2n) is 6.83. The van der Waals surface area contributed by atoms with Gasteiger partial charge in [0.25, 0.3) is 0 Å². The summed E-state index contributed by atoms with van der Waals surface area (Å²) in [5, 5.41) is 10.8. The zero-order chi connectivity index (χ0) is 23.4. The Morgan fingerprint density at radius 1 is 1.28 bits per heavy atom. The summed E-state index contributed by atoms with van der Waals surface area (Å²) in [5.41, 5.74) is 7.83. The summed E-state index contributed by atoms with van der Waals surface area (Å²) in [4.78, 5) is 12.6. The Morgan fingerprint density at radius 3 is 2.66 bits per heavy atom. The van der Waals surface area contributed by atoms with Crippen LogP contribution in [0.4, 0.5) is 0 Å². The number of benzene rings is 2.